The molecule has 2 aromatic rings. The van der Waals surface area contributed by atoms with Crippen molar-refractivity contribution >= 4 is 35.1 Å². The van der Waals surface area contributed by atoms with Gasteiger partial charge in [-0.15, -0.1) is 10.2 Å². The zero-order chi connectivity index (χ0) is 14.4. The normalized spacial score (nSPS) is 12.5. The van der Waals surface area contributed by atoms with Crippen LogP contribution in [-0.2, 0) is 4.79 Å². The van der Waals surface area contributed by atoms with E-state index in [1.807, 2.05) is 35.1 Å². The molecule has 0 saturated heterocycles. The molecular weight excluding hydrogens is 292 g/mol. The minimum absolute atomic E-state index is 0.0382. The second-order valence-electron chi connectivity index (χ2n) is 4.32. The van der Waals surface area contributed by atoms with Crippen LogP contribution < -0.4 is 5.32 Å². The molecule has 1 N–H and O–H groups in total. The number of hydrogen-bond acceptors (Lipinski definition) is 5. The van der Waals surface area contributed by atoms with Gasteiger partial charge in [0.05, 0.1) is 11.8 Å². The lowest BCUT2D eigenvalue weighted by atomic mass is 10.2. The summed E-state index contributed by atoms with van der Waals surface area (Å²) in [6, 6.07) is 5.68. The lowest BCUT2D eigenvalue weighted by molar-refractivity contribution is -0.119. The lowest BCUT2D eigenvalue weighted by Gasteiger charge is -2.16. The van der Waals surface area contributed by atoms with Crippen molar-refractivity contribution in [2.75, 3.05) is 24.0 Å². The van der Waals surface area contributed by atoms with Gasteiger partial charge in [0, 0.05) is 6.20 Å². The Hall–Kier alpha value is -1.21. The molecule has 0 fully saturated rings. The fourth-order valence-corrected chi connectivity index (χ4v) is 2.78. The molecule has 0 aromatic carbocycles. The molecule has 2 aromatic heterocycles. The van der Waals surface area contributed by atoms with Gasteiger partial charge in [-0.25, -0.2) is 0 Å². The van der Waals surface area contributed by atoms with Crippen LogP contribution in [0, 0.1) is 0 Å². The highest BCUT2D eigenvalue weighted by Gasteiger charge is 2.19. The SMILES string of the molecule is CSCC[C@H](NC(=O)CSC)c1nnc2ccccn12. The fraction of sp³-hybridized carbons (Fsp3) is 0.462. The topological polar surface area (TPSA) is 59.3 Å². The highest BCUT2D eigenvalue weighted by molar-refractivity contribution is 7.99. The Bertz CT molecular complexity index is 572. The first-order chi connectivity index (χ1) is 9.76. The number of fused-ring (bicyclic) bond motifs is 1. The number of rotatable bonds is 7. The summed E-state index contributed by atoms with van der Waals surface area (Å²) in [7, 11) is 0. The van der Waals surface area contributed by atoms with Crippen LogP contribution in [0.15, 0.2) is 24.4 Å². The molecule has 20 heavy (non-hydrogen) atoms. The maximum Gasteiger partial charge on any atom is 0.230 e. The number of pyridine rings is 1. The van der Waals surface area contributed by atoms with E-state index in [-0.39, 0.29) is 11.9 Å². The Morgan fingerprint density at radius 1 is 1.35 bits per heavy atom. The van der Waals surface area contributed by atoms with Crippen LogP contribution in [0.1, 0.15) is 18.3 Å². The number of hydrogen-bond donors (Lipinski definition) is 1. The summed E-state index contributed by atoms with van der Waals surface area (Å²) < 4.78 is 1.93. The zero-order valence-corrected chi connectivity index (χ0v) is 13.2. The number of nitrogens with one attached hydrogen (secondary N) is 1. The van der Waals surface area contributed by atoms with Crippen LogP contribution in [0.2, 0.25) is 0 Å². The molecular formula is C13H18N4OS2. The first kappa shape index (κ1) is 15.2. The number of thioether (sulfide) groups is 2. The second kappa shape index (κ2) is 7.54. The molecule has 0 aliphatic heterocycles. The van der Waals surface area contributed by atoms with Crippen LogP contribution in [0.4, 0.5) is 0 Å². The number of amides is 1. The van der Waals surface area contributed by atoms with Gasteiger partial charge in [-0.3, -0.25) is 9.20 Å². The summed E-state index contributed by atoms with van der Waals surface area (Å²) in [6.07, 6.45) is 6.75. The molecule has 0 aliphatic rings. The van der Waals surface area contributed by atoms with Crippen molar-refractivity contribution in [2.24, 2.45) is 0 Å². The standard InChI is InChI=1S/C13H18N4OS2/c1-19-8-6-10(14-12(18)9-20-2)13-16-15-11-5-3-4-7-17(11)13/h3-5,7,10H,6,8-9H2,1-2H3,(H,14,18)/t10-/m0/s1. The molecule has 1 atom stereocenters. The van der Waals surface area contributed by atoms with Crippen molar-refractivity contribution in [3.63, 3.8) is 0 Å². The summed E-state index contributed by atoms with van der Waals surface area (Å²) in [5.41, 5.74) is 0.802. The smallest absolute Gasteiger partial charge is 0.230 e. The summed E-state index contributed by atoms with van der Waals surface area (Å²) in [6.45, 7) is 0. The van der Waals surface area contributed by atoms with Gasteiger partial charge in [-0.05, 0) is 36.8 Å². The third-order valence-electron chi connectivity index (χ3n) is 2.87. The fourth-order valence-electron chi connectivity index (χ4n) is 1.97. The minimum Gasteiger partial charge on any atom is -0.345 e. The molecule has 0 saturated carbocycles. The molecule has 5 nitrogen and oxygen atoms in total. The van der Waals surface area contributed by atoms with Crippen LogP contribution in [0.5, 0.6) is 0 Å². The summed E-state index contributed by atoms with van der Waals surface area (Å²) in [5, 5.41) is 11.4. The maximum absolute atomic E-state index is 11.9. The Morgan fingerprint density at radius 2 is 2.20 bits per heavy atom. The van der Waals surface area contributed by atoms with Gasteiger partial charge >= 0.3 is 0 Å². The number of carbonyl (C=O) groups excluding carboxylic acids is 1. The molecule has 2 rings (SSSR count). The average molecular weight is 310 g/mol. The van der Waals surface area contributed by atoms with Crippen molar-refractivity contribution in [3.8, 4) is 0 Å². The van der Waals surface area contributed by atoms with E-state index in [1.54, 1.807) is 11.8 Å². The van der Waals surface area contributed by atoms with Gasteiger partial charge in [0.2, 0.25) is 5.91 Å². The first-order valence-corrected chi connectivity index (χ1v) is 9.12. The quantitative estimate of drug-likeness (QED) is 0.847. The Morgan fingerprint density at radius 3 is 2.95 bits per heavy atom. The monoisotopic (exact) mass is 310 g/mol. The number of aromatic nitrogens is 3. The van der Waals surface area contributed by atoms with E-state index in [9.17, 15) is 4.79 Å². The molecule has 108 valence electrons. The Kier molecular flexibility index (Phi) is 5.72. The Balaban J connectivity index is 2.23. The summed E-state index contributed by atoms with van der Waals surface area (Å²) in [5.74, 6) is 2.26. The molecule has 0 spiro atoms. The van der Waals surface area contributed by atoms with Gasteiger partial charge in [-0.2, -0.15) is 23.5 Å². The molecule has 0 aliphatic carbocycles. The predicted molar refractivity (Wildman–Crippen MR) is 85.3 cm³/mol. The van der Waals surface area contributed by atoms with Crippen LogP contribution in [0.3, 0.4) is 0 Å². The largest absolute Gasteiger partial charge is 0.345 e. The first-order valence-electron chi connectivity index (χ1n) is 6.33. The third kappa shape index (κ3) is 3.67. The van der Waals surface area contributed by atoms with Gasteiger partial charge < -0.3 is 5.32 Å². The van der Waals surface area contributed by atoms with Crippen molar-refractivity contribution in [1.29, 1.82) is 0 Å². The van der Waals surface area contributed by atoms with Gasteiger partial charge in [-0.1, -0.05) is 6.07 Å². The summed E-state index contributed by atoms with van der Waals surface area (Å²) in [4.78, 5) is 11.9. The molecule has 0 radical (unpaired) electrons. The third-order valence-corrected chi connectivity index (χ3v) is 4.07. The van der Waals surface area contributed by atoms with E-state index in [2.05, 4.69) is 21.8 Å². The van der Waals surface area contributed by atoms with Crippen LogP contribution in [0.25, 0.3) is 5.65 Å². The molecule has 0 bridgehead atoms. The number of carbonyl (C=O) groups is 1. The number of nitrogens with zero attached hydrogens (tertiary/aromatic N) is 3. The maximum atomic E-state index is 11.9. The van der Waals surface area contributed by atoms with E-state index >= 15 is 0 Å². The van der Waals surface area contributed by atoms with E-state index < -0.39 is 0 Å². The molecule has 2 heterocycles. The molecule has 7 heteroatoms. The predicted octanol–water partition coefficient (Wildman–Crippen LogP) is 2.00. The van der Waals surface area contributed by atoms with E-state index in [0.717, 1.165) is 23.6 Å². The van der Waals surface area contributed by atoms with E-state index in [0.29, 0.717) is 5.75 Å². The van der Waals surface area contributed by atoms with Crippen molar-refractivity contribution in [1.82, 2.24) is 19.9 Å². The Labute approximate surface area is 126 Å². The highest BCUT2D eigenvalue weighted by atomic mass is 32.2. The van der Waals surface area contributed by atoms with E-state index in [1.165, 1.54) is 11.8 Å². The zero-order valence-electron chi connectivity index (χ0n) is 11.6. The van der Waals surface area contributed by atoms with Gasteiger partial charge in [0.1, 0.15) is 0 Å². The van der Waals surface area contributed by atoms with Crippen LogP contribution >= 0.6 is 23.5 Å². The minimum atomic E-state index is -0.0977. The molecule has 1 amide bonds. The average Bonchev–Trinajstić information content (AvgIpc) is 2.87. The highest BCUT2D eigenvalue weighted by Crippen LogP contribution is 2.18. The lowest BCUT2D eigenvalue weighted by Crippen LogP contribution is -2.31. The van der Waals surface area contributed by atoms with Crippen molar-refractivity contribution < 1.29 is 4.79 Å². The summed E-state index contributed by atoms with van der Waals surface area (Å²) >= 11 is 3.28. The van der Waals surface area contributed by atoms with Gasteiger partial charge in [0.15, 0.2) is 11.5 Å². The van der Waals surface area contributed by atoms with Crippen molar-refractivity contribution in [2.45, 2.75) is 12.5 Å². The van der Waals surface area contributed by atoms with Crippen molar-refractivity contribution in [3.05, 3.63) is 30.2 Å². The second-order valence-corrected chi connectivity index (χ2v) is 6.17. The van der Waals surface area contributed by atoms with Crippen LogP contribution in [-0.4, -0.2) is 44.5 Å². The van der Waals surface area contributed by atoms with Gasteiger partial charge in [0.25, 0.3) is 0 Å². The van der Waals surface area contributed by atoms with E-state index in [4.69, 9.17) is 0 Å². The molecule has 0 unspecified atom stereocenters.